The summed E-state index contributed by atoms with van der Waals surface area (Å²) in [6, 6.07) is 6.70. The zero-order valence-electron chi connectivity index (χ0n) is 20.4. The van der Waals surface area contributed by atoms with Gasteiger partial charge in [0.1, 0.15) is 17.5 Å². The first kappa shape index (κ1) is 24.1. The fourth-order valence-corrected chi connectivity index (χ4v) is 4.75. The van der Waals surface area contributed by atoms with Gasteiger partial charge in [0.2, 0.25) is 5.91 Å². The topological polar surface area (TPSA) is 49.3 Å². The van der Waals surface area contributed by atoms with Crippen molar-refractivity contribution in [1.29, 1.82) is 0 Å². The Labute approximate surface area is 192 Å². The average Bonchev–Trinajstić information content (AvgIpc) is 2.68. The van der Waals surface area contributed by atoms with Gasteiger partial charge in [0.25, 0.3) is 0 Å². The summed E-state index contributed by atoms with van der Waals surface area (Å²) in [5.74, 6) is 2.03. The summed E-state index contributed by atoms with van der Waals surface area (Å²) in [6.45, 7) is 15.6. The fraction of sp³-hybridized carbons (Fsp3) is 0.577. The summed E-state index contributed by atoms with van der Waals surface area (Å²) in [5.41, 5.74) is 3.09. The van der Waals surface area contributed by atoms with Gasteiger partial charge in [-0.1, -0.05) is 39.8 Å². The summed E-state index contributed by atoms with van der Waals surface area (Å²) in [7, 11) is 0. The van der Waals surface area contributed by atoms with Crippen LogP contribution in [0.4, 0.5) is 10.2 Å². The maximum Gasteiger partial charge on any atom is 0.222 e. The molecule has 6 heteroatoms. The number of anilines is 1. The Kier molecular flexibility index (Phi) is 7.52. The SMILES string of the molecule is Cc1nc(C)c(Cc2cccc(F)c2)c(N2CCN(C(=O)CC(C)CC(C)(C)C)CC2)n1. The van der Waals surface area contributed by atoms with Gasteiger partial charge < -0.3 is 9.80 Å². The number of rotatable bonds is 6. The molecule has 0 bridgehead atoms. The third-order valence-corrected chi connectivity index (χ3v) is 5.99. The molecule has 1 saturated heterocycles. The summed E-state index contributed by atoms with van der Waals surface area (Å²) in [5, 5.41) is 0. The van der Waals surface area contributed by atoms with E-state index in [1.807, 2.05) is 24.8 Å². The fourth-order valence-electron chi connectivity index (χ4n) is 4.75. The lowest BCUT2D eigenvalue weighted by Gasteiger charge is -2.37. The Hall–Kier alpha value is -2.50. The van der Waals surface area contributed by atoms with Gasteiger partial charge in [-0.05, 0) is 49.3 Å². The third-order valence-electron chi connectivity index (χ3n) is 5.99. The molecule has 5 nitrogen and oxygen atoms in total. The Morgan fingerprint density at radius 1 is 1.12 bits per heavy atom. The molecule has 32 heavy (non-hydrogen) atoms. The number of halogens is 1. The molecule has 174 valence electrons. The van der Waals surface area contributed by atoms with Crippen molar-refractivity contribution >= 4 is 11.7 Å². The number of nitrogens with zero attached hydrogens (tertiary/aromatic N) is 4. The zero-order chi connectivity index (χ0) is 23.5. The van der Waals surface area contributed by atoms with Crippen molar-refractivity contribution in [1.82, 2.24) is 14.9 Å². The van der Waals surface area contributed by atoms with Gasteiger partial charge in [-0.2, -0.15) is 0 Å². The first-order valence-electron chi connectivity index (χ1n) is 11.6. The lowest BCUT2D eigenvalue weighted by molar-refractivity contribution is -0.132. The lowest BCUT2D eigenvalue weighted by Crippen LogP contribution is -2.49. The number of aryl methyl sites for hydroxylation is 2. The normalized spacial score (nSPS) is 15.7. The van der Waals surface area contributed by atoms with Crippen molar-refractivity contribution in [2.45, 2.75) is 60.8 Å². The molecule has 0 spiro atoms. The molecule has 1 aliphatic heterocycles. The van der Waals surface area contributed by atoms with Crippen molar-refractivity contribution in [2.24, 2.45) is 11.3 Å². The van der Waals surface area contributed by atoms with Crippen LogP contribution in [0.15, 0.2) is 24.3 Å². The van der Waals surface area contributed by atoms with E-state index in [4.69, 9.17) is 4.98 Å². The summed E-state index contributed by atoms with van der Waals surface area (Å²) >= 11 is 0. The van der Waals surface area contributed by atoms with Gasteiger partial charge in [0, 0.05) is 50.3 Å². The standard InChI is InChI=1S/C26H37FN4O/c1-18(17-26(4,5)6)14-24(32)30-10-12-31(13-11-30)25-23(19(2)28-20(3)29-25)16-21-8-7-9-22(27)15-21/h7-9,15,18H,10-14,16-17H2,1-6H3. The first-order chi connectivity index (χ1) is 15.0. The van der Waals surface area contributed by atoms with E-state index in [-0.39, 0.29) is 17.1 Å². The minimum Gasteiger partial charge on any atom is -0.353 e. The summed E-state index contributed by atoms with van der Waals surface area (Å²) < 4.78 is 13.7. The van der Waals surface area contributed by atoms with E-state index >= 15 is 0 Å². The number of hydrogen-bond donors (Lipinski definition) is 0. The lowest BCUT2D eigenvalue weighted by atomic mass is 9.84. The van der Waals surface area contributed by atoms with Crippen LogP contribution >= 0.6 is 0 Å². The number of carbonyl (C=O) groups is 1. The highest BCUT2D eigenvalue weighted by molar-refractivity contribution is 5.76. The molecule has 2 aromatic rings. The van der Waals surface area contributed by atoms with Crippen LogP contribution in [-0.2, 0) is 11.2 Å². The monoisotopic (exact) mass is 440 g/mol. The summed E-state index contributed by atoms with van der Waals surface area (Å²) in [4.78, 5) is 26.4. The van der Waals surface area contributed by atoms with Crippen LogP contribution in [0.1, 0.15) is 63.2 Å². The van der Waals surface area contributed by atoms with Crippen LogP contribution in [0.5, 0.6) is 0 Å². The molecule has 1 atom stereocenters. The molecular weight excluding hydrogens is 403 g/mol. The highest BCUT2D eigenvalue weighted by atomic mass is 19.1. The molecule has 1 amide bonds. The predicted octanol–water partition coefficient (Wildman–Crippen LogP) is 4.93. The summed E-state index contributed by atoms with van der Waals surface area (Å²) in [6.07, 6.45) is 2.23. The van der Waals surface area contributed by atoms with Crippen LogP contribution in [0.3, 0.4) is 0 Å². The van der Waals surface area contributed by atoms with Gasteiger partial charge in [-0.15, -0.1) is 0 Å². The first-order valence-corrected chi connectivity index (χ1v) is 11.6. The quantitative estimate of drug-likeness (QED) is 0.639. The van der Waals surface area contributed by atoms with E-state index in [0.29, 0.717) is 31.8 Å². The number of hydrogen-bond acceptors (Lipinski definition) is 4. The van der Waals surface area contributed by atoms with Crippen molar-refractivity contribution < 1.29 is 9.18 Å². The van der Waals surface area contributed by atoms with Gasteiger partial charge >= 0.3 is 0 Å². The number of carbonyl (C=O) groups excluding carboxylic acids is 1. The Balaban J connectivity index is 1.69. The molecular formula is C26H37FN4O. The number of amides is 1. The molecule has 2 heterocycles. The maximum absolute atomic E-state index is 13.7. The van der Waals surface area contributed by atoms with E-state index in [0.717, 1.165) is 48.0 Å². The second-order valence-corrected chi connectivity index (χ2v) is 10.4. The van der Waals surface area contributed by atoms with Crippen molar-refractivity contribution in [3.63, 3.8) is 0 Å². The second kappa shape index (κ2) is 9.97. The van der Waals surface area contributed by atoms with E-state index in [1.54, 1.807) is 12.1 Å². The van der Waals surface area contributed by atoms with Gasteiger partial charge in [-0.3, -0.25) is 4.79 Å². The van der Waals surface area contributed by atoms with E-state index < -0.39 is 0 Å². The smallest absolute Gasteiger partial charge is 0.222 e. The van der Waals surface area contributed by atoms with E-state index in [1.165, 1.54) is 6.07 Å². The second-order valence-electron chi connectivity index (χ2n) is 10.4. The van der Waals surface area contributed by atoms with Crippen LogP contribution in [0, 0.1) is 31.0 Å². The predicted molar refractivity (Wildman–Crippen MR) is 127 cm³/mol. The molecule has 0 saturated carbocycles. The number of piperazine rings is 1. The molecule has 3 rings (SSSR count). The Bertz CT molecular complexity index is 945. The Morgan fingerprint density at radius 3 is 2.44 bits per heavy atom. The van der Waals surface area contributed by atoms with Gasteiger partial charge in [0.15, 0.2) is 0 Å². The largest absolute Gasteiger partial charge is 0.353 e. The average molecular weight is 441 g/mol. The molecule has 1 fully saturated rings. The van der Waals surface area contributed by atoms with Crippen molar-refractivity contribution in [2.75, 3.05) is 31.1 Å². The van der Waals surface area contributed by atoms with Crippen molar-refractivity contribution in [3.05, 3.63) is 52.7 Å². The van der Waals surface area contributed by atoms with Gasteiger partial charge in [-0.25, -0.2) is 14.4 Å². The molecule has 1 unspecified atom stereocenters. The molecule has 1 aromatic heterocycles. The molecule has 1 aliphatic rings. The molecule has 0 aliphatic carbocycles. The van der Waals surface area contributed by atoms with Crippen LogP contribution in [0.25, 0.3) is 0 Å². The number of benzene rings is 1. The van der Waals surface area contributed by atoms with E-state index in [2.05, 4.69) is 37.6 Å². The highest BCUT2D eigenvalue weighted by Gasteiger charge is 2.26. The maximum atomic E-state index is 13.7. The van der Waals surface area contributed by atoms with Crippen LogP contribution in [-0.4, -0.2) is 47.0 Å². The van der Waals surface area contributed by atoms with Gasteiger partial charge in [0.05, 0.1) is 0 Å². The molecule has 0 radical (unpaired) electrons. The Morgan fingerprint density at radius 2 is 1.81 bits per heavy atom. The van der Waals surface area contributed by atoms with Crippen LogP contribution in [0.2, 0.25) is 0 Å². The molecule has 0 N–H and O–H groups in total. The third kappa shape index (κ3) is 6.50. The van der Waals surface area contributed by atoms with E-state index in [9.17, 15) is 9.18 Å². The van der Waals surface area contributed by atoms with Crippen LogP contribution < -0.4 is 4.90 Å². The number of aromatic nitrogens is 2. The molecule has 1 aromatic carbocycles. The minimum atomic E-state index is -0.234. The highest BCUT2D eigenvalue weighted by Crippen LogP contribution is 2.28. The zero-order valence-corrected chi connectivity index (χ0v) is 20.4. The van der Waals surface area contributed by atoms with Crippen molar-refractivity contribution in [3.8, 4) is 0 Å². The minimum absolute atomic E-state index is 0.234.